The van der Waals surface area contributed by atoms with E-state index in [1.165, 1.54) is 29.2 Å². The average Bonchev–Trinajstić information content (AvgIpc) is 3.14. The Hall–Kier alpha value is -2.10. The van der Waals surface area contributed by atoms with Crippen LogP contribution >= 0.6 is 23.2 Å². The minimum atomic E-state index is -3.93. The second-order valence-electron chi connectivity index (χ2n) is 5.74. The zero-order valence-corrected chi connectivity index (χ0v) is 16.8. The Labute approximate surface area is 165 Å². The van der Waals surface area contributed by atoms with Gasteiger partial charge in [-0.25, -0.2) is 12.8 Å². The lowest BCUT2D eigenvalue weighted by Gasteiger charge is -2.07. The number of nitrogens with one attached hydrogen (secondary N) is 1. The first-order valence-electron chi connectivity index (χ1n) is 7.94. The van der Waals surface area contributed by atoms with Crippen molar-refractivity contribution in [1.29, 1.82) is 0 Å². The van der Waals surface area contributed by atoms with Gasteiger partial charge in [0.05, 0.1) is 18.4 Å². The van der Waals surface area contributed by atoms with Crippen molar-refractivity contribution in [3.63, 3.8) is 0 Å². The van der Waals surface area contributed by atoms with E-state index in [1.807, 2.05) is 6.92 Å². The zero-order valence-electron chi connectivity index (χ0n) is 14.4. The lowest BCUT2D eigenvalue weighted by Crippen LogP contribution is -2.15. The fraction of sp³-hybridized carbons (Fsp3) is 0.250. The van der Waals surface area contributed by atoms with Crippen molar-refractivity contribution in [2.45, 2.75) is 31.8 Å². The molecule has 0 radical (unpaired) electrons. The van der Waals surface area contributed by atoms with Crippen LogP contribution in [0.5, 0.6) is 0 Å². The molecule has 0 amide bonds. The van der Waals surface area contributed by atoms with Crippen LogP contribution in [0.4, 0.5) is 10.2 Å². The molecule has 0 atom stereocenters. The highest BCUT2D eigenvalue weighted by molar-refractivity contribution is 7.92. The monoisotopic (exact) mass is 431 g/mol. The number of aryl methyl sites for hydroxylation is 1. The summed E-state index contributed by atoms with van der Waals surface area (Å²) < 4.78 is 44.4. The van der Waals surface area contributed by atoms with Crippen LogP contribution < -0.4 is 4.72 Å². The third-order valence-corrected chi connectivity index (χ3v) is 6.05. The van der Waals surface area contributed by atoms with Crippen molar-refractivity contribution in [2.24, 2.45) is 0 Å². The van der Waals surface area contributed by atoms with Gasteiger partial charge in [-0.3, -0.25) is 14.1 Å². The van der Waals surface area contributed by atoms with E-state index in [1.54, 1.807) is 17.7 Å². The topological polar surface area (TPSA) is 81.8 Å². The molecule has 0 aliphatic carbocycles. The van der Waals surface area contributed by atoms with E-state index in [0.29, 0.717) is 12.2 Å². The van der Waals surface area contributed by atoms with Crippen molar-refractivity contribution >= 4 is 39.0 Å². The van der Waals surface area contributed by atoms with E-state index < -0.39 is 15.8 Å². The second kappa shape index (κ2) is 7.49. The molecule has 144 valence electrons. The van der Waals surface area contributed by atoms with E-state index >= 15 is 0 Å². The predicted octanol–water partition coefficient (Wildman–Crippen LogP) is 3.70. The van der Waals surface area contributed by atoms with Crippen molar-refractivity contribution in [3.05, 3.63) is 57.7 Å². The van der Waals surface area contributed by atoms with Gasteiger partial charge < -0.3 is 0 Å². The van der Waals surface area contributed by atoms with Gasteiger partial charge in [0.2, 0.25) is 0 Å². The lowest BCUT2D eigenvalue weighted by atomic mass is 10.2. The van der Waals surface area contributed by atoms with E-state index in [2.05, 4.69) is 14.9 Å². The number of anilines is 1. The third kappa shape index (κ3) is 3.95. The summed E-state index contributed by atoms with van der Waals surface area (Å²) >= 11 is 12.1. The second-order valence-corrected chi connectivity index (χ2v) is 8.20. The molecule has 0 aliphatic rings. The average molecular weight is 432 g/mol. The van der Waals surface area contributed by atoms with Gasteiger partial charge in [-0.05, 0) is 26.0 Å². The minimum Gasteiger partial charge on any atom is -0.269 e. The molecular formula is C16H16Cl2FN5O2S. The van der Waals surface area contributed by atoms with Crippen molar-refractivity contribution in [1.82, 2.24) is 19.6 Å². The number of hydrogen-bond acceptors (Lipinski definition) is 4. The van der Waals surface area contributed by atoms with Gasteiger partial charge in [0.1, 0.15) is 15.7 Å². The van der Waals surface area contributed by atoms with Crippen LogP contribution in [0.3, 0.4) is 0 Å². The maximum atomic E-state index is 13.9. The number of sulfonamides is 1. The van der Waals surface area contributed by atoms with E-state index in [0.717, 1.165) is 0 Å². The van der Waals surface area contributed by atoms with Gasteiger partial charge in [-0.15, -0.1) is 0 Å². The molecular weight excluding hydrogens is 416 g/mol. The van der Waals surface area contributed by atoms with Gasteiger partial charge in [0, 0.05) is 23.3 Å². The van der Waals surface area contributed by atoms with Crippen LogP contribution in [-0.4, -0.2) is 28.0 Å². The SMILES string of the molecule is CCn1ncc(S(=O)(=O)Nc2nn(Cc3c(F)cccc3Cl)cc2Cl)c1C. The van der Waals surface area contributed by atoms with Gasteiger partial charge in [0.15, 0.2) is 5.82 Å². The largest absolute Gasteiger partial charge is 0.269 e. The molecule has 3 aromatic rings. The van der Waals surface area contributed by atoms with E-state index in [-0.39, 0.29) is 32.9 Å². The van der Waals surface area contributed by atoms with Crippen LogP contribution in [0.25, 0.3) is 0 Å². The molecule has 2 heterocycles. The van der Waals surface area contributed by atoms with Gasteiger partial charge >= 0.3 is 0 Å². The smallest absolute Gasteiger partial charge is 0.266 e. The van der Waals surface area contributed by atoms with Crippen molar-refractivity contribution in [2.75, 3.05) is 4.72 Å². The summed E-state index contributed by atoms with van der Waals surface area (Å²) in [5.74, 6) is -0.549. The number of aromatic nitrogens is 4. The quantitative estimate of drug-likeness (QED) is 0.644. The molecule has 2 aromatic heterocycles. The summed E-state index contributed by atoms with van der Waals surface area (Å²) in [4.78, 5) is 0.0344. The van der Waals surface area contributed by atoms with Gasteiger partial charge in [0.25, 0.3) is 10.0 Å². The first-order chi connectivity index (χ1) is 12.7. The van der Waals surface area contributed by atoms with Crippen LogP contribution in [0.1, 0.15) is 18.2 Å². The summed E-state index contributed by atoms with van der Waals surface area (Å²) in [6.07, 6.45) is 2.66. The lowest BCUT2D eigenvalue weighted by molar-refractivity contribution is 0.585. The highest BCUT2D eigenvalue weighted by Crippen LogP contribution is 2.26. The Kier molecular flexibility index (Phi) is 5.45. The number of benzene rings is 1. The molecule has 11 heteroatoms. The maximum Gasteiger partial charge on any atom is 0.266 e. The van der Waals surface area contributed by atoms with Crippen molar-refractivity contribution in [3.8, 4) is 0 Å². The molecule has 7 nitrogen and oxygen atoms in total. The van der Waals surface area contributed by atoms with Crippen molar-refractivity contribution < 1.29 is 12.8 Å². The van der Waals surface area contributed by atoms with Crippen LogP contribution in [0.15, 0.2) is 35.5 Å². The molecule has 0 unspecified atom stereocenters. The van der Waals surface area contributed by atoms with Crippen LogP contribution in [0, 0.1) is 12.7 Å². The Morgan fingerprint density at radius 1 is 1.26 bits per heavy atom. The molecule has 27 heavy (non-hydrogen) atoms. The molecule has 0 saturated carbocycles. The highest BCUT2D eigenvalue weighted by Gasteiger charge is 2.23. The van der Waals surface area contributed by atoms with Crippen LogP contribution in [-0.2, 0) is 23.1 Å². The zero-order chi connectivity index (χ0) is 19.8. The Bertz CT molecular complexity index is 1070. The Morgan fingerprint density at radius 2 is 2.00 bits per heavy atom. The highest BCUT2D eigenvalue weighted by atomic mass is 35.5. The number of hydrogen-bond donors (Lipinski definition) is 1. The number of nitrogens with zero attached hydrogens (tertiary/aromatic N) is 4. The minimum absolute atomic E-state index is 0.000249. The summed E-state index contributed by atoms with van der Waals surface area (Å²) in [6.45, 7) is 4.06. The molecule has 1 N–H and O–H groups in total. The summed E-state index contributed by atoms with van der Waals surface area (Å²) in [5.41, 5.74) is 0.728. The first kappa shape index (κ1) is 19.7. The van der Waals surface area contributed by atoms with Gasteiger partial charge in [-0.2, -0.15) is 10.2 Å². The fourth-order valence-corrected chi connectivity index (χ4v) is 4.26. The van der Waals surface area contributed by atoms with E-state index in [4.69, 9.17) is 23.2 Å². The Morgan fingerprint density at radius 3 is 2.63 bits per heavy atom. The van der Waals surface area contributed by atoms with E-state index in [9.17, 15) is 12.8 Å². The van der Waals surface area contributed by atoms with Gasteiger partial charge in [-0.1, -0.05) is 29.3 Å². The maximum absolute atomic E-state index is 13.9. The summed E-state index contributed by atoms with van der Waals surface area (Å²) in [7, 11) is -3.93. The summed E-state index contributed by atoms with van der Waals surface area (Å²) in [5, 5.41) is 8.44. The third-order valence-electron chi connectivity index (χ3n) is 3.98. The molecule has 0 spiro atoms. The standard InChI is InChI=1S/C16H16Cl2FN5O2S/c1-3-24-10(2)15(7-20-24)27(25,26)22-16-13(18)9-23(21-16)8-11-12(17)5-4-6-14(11)19/h4-7,9H,3,8H2,1-2H3,(H,21,22). The molecule has 0 saturated heterocycles. The molecule has 0 bridgehead atoms. The molecule has 0 fully saturated rings. The molecule has 3 rings (SSSR count). The predicted molar refractivity (Wildman–Crippen MR) is 101 cm³/mol. The molecule has 1 aromatic carbocycles. The normalized spacial score (nSPS) is 11.7. The Balaban J connectivity index is 1.87. The number of rotatable bonds is 6. The fourth-order valence-electron chi connectivity index (χ4n) is 2.59. The first-order valence-corrected chi connectivity index (χ1v) is 10.2. The number of halogens is 3. The molecule has 0 aliphatic heterocycles. The van der Waals surface area contributed by atoms with Crippen LogP contribution in [0.2, 0.25) is 10.0 Å². The summed E-state index contributed by atoms with van der Waals surface area (Å²) in [6, 6.07) is 4.34.